The molecule has 0 spiro atoms. The van der Waals surface area contributed by atoms with Gasteiger partial charge in [0, 0.05) is 0 Å². The van der Waals surface area contributed by atoms with Crippen molar-refractivity contribution in [1.29, 1.82) is 0 Å². The summed E-state index contributed by atoms with van der Waals surface area (Å²) in [6.45, 7) is 4.47. The third-order valence-corrected chi connectivity index (χ3v) is 12.2. The van der Waals surface area contributed by atoms with Crippen LogP contribution in [0, 0.1) is 0 Å². The van der Waals surface area contributed by atoms with Gasteiger partial charge in [-0.2, -0.15) is 8.42 Å². The predicted octanol–water partition coefficient (Wildman–Crippen LogP) is 12.4. The third-order valence-electron chi connectivity index (χ3n) is 10.4. The van der Waals surface area contributed by atoms with Crippen LogP contribution in [0.3, 0.4) is 0 Å². The fraction of sp³-hybridized carbons (Fsp3) is 0.500. The molecular formula is C48H66CaO10S2. The van der Waals surface area contributed by atoms with Crippen LogP contribution < -0.4 is 14.6 Å². The van der Waals surface area contributed by atoms with Gasteiger partial charge in [0.25, 0.3) is 0 Å². The van der Waals surface area contributed by atoms with Gasteiger partial charge in [-0.3, -0.25) is 4.55 Å². The van der Waals surface area contributed by atoms with Gasteiger partial charge in [0.1, 0.15) is 33.1 Å². The second kappa shape index (κ2) is 30.3. The van der Waals surface area contributed by atoms with E-state index in [1.54, 1.807) is 18.2 Å². The molecule has 4 aromatic rings. The quantitative estimate of drug-likeness (QED) is 0.0317. The third kappa shape index (κ3) is 20.9. The second-order valence-corrected chi connectivity index (χ2v) is 18.1. The number of unbranched alkanes of at least 4 members (excludes halogenated alkanes) is 18. The van der Waals surface area contributed by atoms with Crippen molar-refractivity contribution in [3.8, 4) is 34.5 Å². The molecular weight excluding hydrogens is 841 g/mol. The number of ether oxygens (including phenoxy) is 2. The summed E-state index contributed by atoms with van der Waals surface area (Å²) in [5, 5.41) is 21.7. The van der Waals surface area contributed by atoms with Crippen molar-refractivity contribution in [3.05, 3.63) is 96.1 Å². The molecule has 0 aromatic heterocycles. The largest absolute Gasteiger partial charge is 2.00 e. The first-order chi connectivity index (χ1) is 28.9. The Balaban J connectivity index is 0.000000413. The topological polar surface area (TPSA) is 173 Å². The van der Waals surface area contributed by atoms with Crippen LogP contribution in [-0.4, -0.2) is 68.8 Å². The summed E-state index contributed by atoms with van der Waals surface area (Å²) in [7, 11) is -9.53. The van der Waals surface area contributed by atoms with Crippen molar-refractivity contribution in [2.24, 2.45) is 0 Å². The maximum Gasteiger partial charge on any atom is 2.00 e. The number of para-hydroxylation sites is 2. The van der Waals surface area contributed by atoms with Gasteiger partial charge in [-0.25, -0.2) is 8.42 Å². The number of phenolic OH excluding ortho intramolecular Hbond substituents is 1. The van der Waals surface area contributed by atoms with Gasteiger partial charge in [0.15, 0.2) is 10.6 Å². The molecule has 0 radical (unpaired) electrons. The number of phenols is 1. The first-order valence-corrected chi connectivity index (χ1v) is 24.8. The van der Waals surface area contributed by atoms with Gasteiger partial charge in [-0.1, -0.05) is 190 Å². The minimum Gasteiger partial charge on any atom is -0.872 e. The number of benzene rings is 4. The number of aryl methyl sites for hydroxylation is 2. The van der Waals surface area contributed by atoms with Crippen molar-refractivity contribution in [2.45, 2.75) is 165 Å². The summed E-state index contributed by atoms with van der Waals surface area (Å²) in [6, 6.07) is 22.7. The fourth-order valence-corrected chi connectivity index (χ4v) is 8.50. The van der Waals surface area contributed by atoms with E-state index in [1.165, 1.54) is 133 Å². The number of aromatic hydroxyl groups is 1. The van der Waals surface area contributed by atoms with Crippen molar-refractivity contribution in [3.63, 3.8) is 0 Å². The van der Waals surface area contributed by atoms with Crippen LogP contribution in [0.2, 0.25) is 0 Å². The molecule has 0 fully saturated rings. The average molecular weight is 907 g/mol. The standard InChI is InChI=1S/2C24H34O5S.Ca/c2*1-2-3-4-5-6-7-8-9-10-11-15-20-16-12-13-18-22(20)29-23-19-14-17-21(25)24(23)30(26,27)28;/h2*12-14,16-19,25H,2-11,15H2,1H3,(H,26,27,28);/q;;+2/p-2. The molecule has 4 aromatic carbocycles. The molecule has 0 amide bonds. The smallest absolute Gasteiger partial charge is 0.872 e. The van der Waals surface area contributed by atoms with Crippen molar-refractivity contribution in [2.75, 3.05) is 0 Å². The number of hydrogen-bond acceptors (Lipinski definition) is 9. The van der Waals surface area contributed by atoms with Crippen LogP contribution in [0.5, 0.6) is 34.5 Å². The van der Waals surface area contributed by atoms with Crippen LogP contribution in [0.1, 0.15) is 153 Å². The van der Waals surface area contributed by atoms with Crippen LogP contribution in [0.15, 0.2) is 94.7 Å². The molecule has 0 bridgehead atoms. The molecule has 61 heavy (non-hydrogen) atoms. The van der Waals surface area contributed by atoms with Crippen LogP contribution in [-0.2, 0) is 33.1 Å². The Labute approximate surface area is 396 Å². The summed E-state index contributed by atoms with van der Waals surface area (Å²) in [6.07, 6.45) is 26.7. The van der Waals surface area contributed by atoms with Gasteiger partial charge >= 0.3 is 47.9 Å². The Kier molecular flexibility index (Phi) is 27.0. The first-order valence-electron chi connectivity index (χ1n) is 21.9. The average Bonchev–Trinajstić information content (AvgIpc) is 3.20. The zero-order valence-electron chi connectivity index (χ0n) is 36.3. The zero-order chi connectivity index (χ0) is 43.6. The second-order valence-electron chi connectivity index (χ2n) is 15.4. The summed E-state index contributed by atoms with van der Waals surface area (Å²) in [5.74, 6) is -0.689. The summed E-state index contributed by atoms with van der Waals surface area (Å²) < 4.78 is 78.7. The summed E-state index contributed by atoms with van der Waals surface area (Å²) >= 11 is 0. The fourth-order valence-electron chi connectivity index (χ4n) is 7.13. The van der Waals surface area contributed by atoms with Crippen molar-refractivity contribution < 1.29 is 45.6 Å². The summed E-state index contributed by atoms with van der Waals surface area (Å²) in [4.78, 5) is -1.45. The van der Waals surface area contributed by atoms with E-state index in [0.29, 0.717) is 11.5 Å². The van der Waals surface area contributed by atoms with Gasteiger partial charge < -0.3 is 24.2 Å². The SMILES string of the molecule is CCCCCCCCCCCCc1ccccc1Oc1cccc(O)c1S(=O)(=O)O.CCCCCCCCCCCCc1ccccc1Oc1cccc([O-])c1S(=O)(=O)[O-].[Ca+2]. The van der Waals surface area contributed by atoms with Crippen molar-refractivity contribution in [1.82, 2.24) is 0 Å². The first kappa shape index (κ1) is 54.3. The molecule has 0 atom stereocenters. The van der Waals surface area contributed by atoms with E-state index in [2.05, 4.69) is 13.8 Å². The zero-order valence-corrected chi connectivity index (χ0v) is 40.2. The Bertz CT molecular complexity index is 1910. The van der Waals surface area contributed by atoms with Gasteiger partial charge in [-0.05, 0) is 67.1 Å². The van der Waals surface area contributed by atoms with Crippen LogP contribution in [0.4, 0.5) is 0 Å². The maximum atomic E-state index is 11.9. The van der Waals surface area contributed by atoms with E-state index in [0.717, 1.165) is 55.7 Å². The van der Waals surface area contributed by atoms with Gasteiger partial charge in [-0.15, -0.1) is 0 Å². The minimum absolute atomic E-state index is 0. The Morgan fingerprint density at radius 1 is 0.475 bits per heavy atom. The number of hydrogen-bond donors (Lipinski definition) is 2. The van der Waals surface area contributed by atoms with E-state index in [9.17, 15) is 36.2 Å². The molecule has 2 N–H and O–H groups in total. The Morgan fingerprint density at radius 2 is 0.820 bits per heavy atom. The molecule has 0 aliphatic rings. The van der Waals surface area contributed by atoms with Crippen molar-refractivity contribution >= 4 is 58.0 Å². The van der Waals surface area contributed by atoms with Crippen LogP contribution in [0.25, 0.3) is 0 Å². The molecule has 10 nitrogen and oxygen atoms in total. The van der Waals surface area contributed by atoms with E-state index in [1.807, 2.05) is 30.3 Å². The predicted molar refractivity (Wildman–Crippen MR) is 242 cm³/mol. The minimum atomic E-state index is -4.92. The molecule has 13 heteroatoms. The Morgan fingerprint density at radius 3 is 1.21 bits per heavy atom. The van der Waals surface area contributed by atoms with Crippen LogP contribution >= 0.6 is 0 Å². The molecule has 0 unspecified atom stereocenters. The molecule has 0 saturated heterocycles. The van der Waals surface area contributed by atoms with Gasteiger partial charge in [0.2, 0.25) is 0 Å². The Hall–Kier alpha value is -2.84. The van der Waals surface area contributed by atoms with E-state index in [-0.39, 0.29) is 49.2 Å². The van der Waals surface area contributed by atoms with E-state index >= 15 is 0 Å². The maximum absolute atomic E-state index is 11.9. The molecule has 0 aliphatic heterocycles. The molecule has 0 aliphatic carbocycles. The number of rotatable bonds is 28. The molecule has 0 heterocycles. The summed E-state index contributed by atoms with van der Waals surface area (Å²) in [5.41, 5.74) is 1.91. The van der Waals surface area contributed by atoms with E-state index < -0.39 is 41.5 Å². The normalized spacial score (nSPS) is 11.3. The molecule has 332 valence electrons. The van der Waals surface area contributed by atoms with E-state index in [4.69, 9.17) is 9.47 Å². The monoisotopic (exact) mass is 906 g/mol. The molecule has 0 saturated carbocycles. The van der Waals surface area contributed by atoms with Gasteiger partial charge in [0.05, 0.1) is 4.90 Å². The molecule has 4 rings (SSSR count).